The summed E-state index contributed by atoms with van der Waals surface area (Å²) in [5.74, 6) is 0.797. The summed E-state index contributed by atoms with van der Waals surface area (Å²) in [7, 11) is 0. The Kier molecular flexibility index (Phi) is 7.15. The standard InChI is InChI=1S/C10H13N3O.C6H13NO/c11-3-1-5-14-9-6-8-2-4-12-10(8)13-7-9;8-6-5-7-3-1-2-4-7/h2,4,6-7H,1,3,5,11H2,(H,12,13);8H,1-6H2. The van der Waals surface area contributed by atoms with Crippen molar-refractivity contribution in [2.75, 3.05) is 39.4 Å². The minimum Gasteiger partial charge on any atom is -0.492 e. The van der Waals surface area contributed by atoms with Gasteiger partial charge in [-0.25, -0.2) is 4.98 Å². The second-order valence-electron chi connectivity index (χ2n) is 5.35. The van der Waals surface area contributed by atoms with Gasteiger partial charge in [0.15, 0.2) is 0 Å². The summed E-state index contributed by atoms with van der Waals surface area (Å²) in [6.45, 7) is 4.88. The van der Waals surface area contributed by atoms with Gasteiger partial charge in [-0.3, -0.25) is 0 Å². The molecule has 4 N–H and O–H groups in total. The van der Waals surface area contributed by atoms with Gasteiger partial charge in [-0.15, -0.1) is 0 Å². The number of aromatic amines is 1. The van der Waals surface area contributed by atoms with Crippen molar-refractivity contribution in [3.8, 4) is 5.75 Å². The fraction of sp³-hybridized carbons (Fsp3) is 0.562. The van der Waals surface area contributed by atoms with E-state index in [1.165, 1.54) is 25.9 Å². The van der Waals surface area contributed by atoms with Gasteiger partial charge in [0, 0.05) is 18.1 Å². The fourth-order valence-electron chi connectivity index (χ4n) is 2.42. The molecule has 0 saturated carbocycles. The number of likely N-dealkylation sites (tertiary alicyclic amines) is 1. The lowest BCUT2D eigenvalue weighted by atomic mass is 10.3. The van der Waals surface area contributed by atoms with E-state index in [0.717, 1.165) is 29.7 Å². The zero-order chi connectivity index (χ0) is 15.6. The van der Waals surface area contributed by atoms with Crippen LogP contribution in [0.25, 0.3) is 11.0 Å². The number of β-amino-alcohol motifs (C(OH)–C–C–N with tert-alkyl or cyclic N) is 1. The molecule has 2 aromatic heterocycles. The Bertz CT molecular complexity index is 538. The maximum absolute atomic E-state index is 8.48. The predicted molar refractivity (Wildman–Crippen MR) is 88.0 cm³/mol. The van der Waals surface area contributed by atoms with Crippen LogP contribution in [0.1, 0.15) is 19.3 Å². The van der Waals surface area contributed by atoms with Crippen LogP contribution >= 0.6 is 0 Å². The summed E-state index contributed by atoms with van der Waals surface area (Å²) >= 11 is 0. The number of ether oxygens (including phenoxy) is 1. The molecule has 0 unspecified atom stereocenters. The van der Waals surface area contributed by atoms with Crippen molar-refractivity contribution in [3.63, 3.8) is 0 Å². The van der Waals surface area contributed by atoms with Gasteiger partial charge in [-0.2, -0.15) is 0 Å². The molecule has 22 heavy (non-hydrogen) atoms. The molecule has 0 spiro atoms. The van der Waals surface area contributed by atoms with Gasteiger partial charge < -0.3 is 25.5 Å². The van der Waals surface area contributed by atoms with Crippen molar-refractivity contribution in [2.45, 2.75) is 19.3 Å². The Labute approximate surface area is 131 Å². The number of H-pyrrole nitrogens is 1. The first kappa shape index (κ1) is 16.7. The van der Waals surface area contributed by atoms with E-state index in [9.17, 15) is 0 Å². The molecular formula is C16H26N4O2. The van der Waals surface area contributed by atoms with E-state index >= 15 is 0 Å². The quantitative estimate of drug-likeness (QED) is 0.702. The molecule has 1 fully saturated rings. The van der Waals surface area contributed by atoms with Crippen LogP contribution in [0.5, 0.6) is 5.75 Å². The third-order valence-electron chi connectivity index (χ3n) is 3.61. The average Bonchev–Trinajstić information content (AvgIpc) is 3.19. The van der Waals surface area contributed by atoms with E-state index in [-0.39, 0.29) is 0 Å². The first-order chi connectivity index (χ1) is 10.8. The Balaban J connectivity index is 0.000000188. The first-order valence-corrected chi connectivity index (χ1v) is 7.92. The molecule has 1 saturated heterocycles. The Morgan fingerprint density at radius 2 is 2.18 bits per heavy atom. The molecule has 0 amide bonds. The number of nitrogens with one attached hydrogen (secondary N) is 1. The highest BCUT2D eigenvalue weighted by atomic mass is 16.5. The van der Waals surface area contributed by atoms with Crippen molar-refractivity contribution < 1.29 is 9.84 Å². The number of aliphatic hydroxyl groups is 1. The zero-order valence-electron chi connectivity index (χ0n) is 13.0. The molecule has 0 atom stereocenters. The van der Waals surface area contributed by atoms with Gasteiger partial charge in [0.2, 0.25) is 0 Å². The Morgan fingerprint density at radius 3 is 2.91 bits per heavy atom. The van der Waals surface area contributed by atoms with E-state index < -0.39 is 0 Å². The topological polar surface area (TPSA) is 87.4 Å². The summed E-state index contributed by atoms with van der Waals surface area (Å²) in [6.07, 6.45) is 7.09. The van der Waals surface area contributed by atoms with Crippen molar-refractivity contribution >= 4 is 11.0 Å². The lowest BCUT2D eigenvalue weighted by Crippen LogP contribution is -2.22. The number of nitrogens with two attached hydrogens (primary N) is 1. The monoisotopic (exact) mass is 306 g/mol. The van der Waals surface area contributed by atoms with Crippen molar-refractivity contribution in [1.82, 2.24) is 14.9 Å². The number of nitrogens with zero attached hydrogens (tertiary/aromatic N) is 2. The van der Waals surface area contributed by atoms with Crippen LogP contribution < -0.4 is 10.5 Å². The maximum atomic E-state index is 8.48. The van der Waals surface area contributed by atoms with E-state index in [0.29, 0.717) is 19.8 Å². The number of hydrogen-bond acceptors (Lipinski definition) is 5. The Morgan fingerprint density at radius 1 is 1.36 bits per heavy atom. The summed E-state index contributed by atoms with van der Waals surface area (Å²) in [4.78, 5) is 9.53. The second-order valence-corrected chi connectivity index (χ2v) is 5.35. The highest BCUT2D eigenvalue weighted by Crippen LogP contribution is 2.16. The van der Waals surface area contributed by atoms with Gasteiger partial charge >= 0.3 is 0 Å². The van der Waals surface area contributed by atoms with Crippen LogP contribution in [0.2, 0.25) is 0 Å². The third kappa shape index (κ3) is 5.29. The van der Waals surface area contributed by atoms with E-state index in [4.69, 9.17) is 15.6 Å². The van der Waals surface area contributed by atoms with Gasteiger partial charge in [-0.05, 0) is 51.0 Å². The largest absolute Gasteiger partial charge is 0.492 e. The van der Waals surface area contributed by atoms with Gasteiger partial charge in [-0.1, -0.05) is 0 Å². The van der Waals surface area contributed by atoms with E-state index in [2.05, 4.69) is 14.9 Å². The number of pyridine rings is 1. The van der Waals surface area contributed by atoms with Crippen molar-refractivity contribution in [3.05, 3.63) is 24.5 Å². The molecule has 2 aromatic rings. The van der Waals surface area contributed by atoms with Gasteiger partial charge in [0.1, 0.15) is 11.4 Å². The SMILES string of the molecule is NCCCOc1cnc2[nH]ccc2c1.OCCN1CCCC1. The normalized spacial score (nSPS) is 14.8. The highest BCUT2D eigenvalue weighted by molar-refractivity contribution is 5.76. The fourth-order valence-corrected chi connectivity index (χ4v) is 2.42. The predicted octanol–water partition coefficient (Wildman–Crippen LogP) is 1.36. The summed E-state index contributed by atoms with van der Waals surface area (Å²) < 4.78 is 5.47. The van der Waals surface area contributed by atoms with Crippen LogP contribution in [-0.4, -0.2) is 59.4 Å². The minimum absolute atomic E-state index is 0.319. The average molecular weight is 306 g/mol. The lowest BCUT2D eigenvalue weighted by Gasteiger charge is -2.10. The summed E-state index contributed by atoms with van der Waals surface area (Å²) in [5.41, 5.74) is 6.25. The molecule has 3 heterocycles. The lowest BCUT2D eigenvalue weighted by molar-refractivity contribution is 0.221. The van der Waals surface area contributed by atoms with Crippen LogP contribution in [0.3, 0.4) is 0 Å². The Hall–Kier alpha value is -1.63. The molecule has 0 aliphatic carbocycles. The molecule has 0 aromatic carbocycles. The number of aliphatic hydroxyl groups excluding tert-OH is 1. The van der Waals surface area contributed by atoms with Crippen molar-refractivity contribution in [1.29, 1.82) is 0 Å². The van der Waals surface area contributed by atoms with Gasteiger partial charge in [0.05, 0.1) is 19.4 Å². The summed E-state index contributed by atoms with van der Waals surface area (Å²) in [6, 6.07) is 3.94. The smallest absolute Gasteiger partial charge is 0.138 e. The molecule has 1 aliphatic rings. The van der Waals surface area contributed by atoms with Crippen LogP contribution in [-0.2, 0) is 0 Å². The molecule has 6 heteroatoms. The van der Waals surface area contributed by atoms with E-state index in [1.54, 1.807) is 6.20 Å². The van der Waals surface area contributed by atoms with Crippen LogP contribution in [0, 0.1) is 0 Å². The number of aromatic nitrogens is 2. The summed E-state index contributed by atoms with van der Waals surface area (Å²) in [5, 5.41) is 9.55. The molecule has 0 bridgehead atoms. The molecule has 6 nitrogen and oxygen atoms in total. The maximum Gasteiger partial charge on any atom is 0.138 e. The van der Waals surface area contributed by atoms with Crippen LogP contribution in [0.4, 0.5) is 0 Å². The highest BCUT2D eigenvalue weighted by Gasteiger charge is 2.08. The van der Waals surface area contributed by atoms with Crippen LogP contribution in [0.15, 0.2) is 24.5 Å². The number of fused-ring (bicyclic) bond motifs is 1. The van der Waals surface area contributed by atoms with E-state index in [1.807, 2.05) is 18.3 Å². The molecule has 122 valence electrons. The molecule has 0 radical (unpaired) electrons. The molecular weight excluding hydrogens is 280 g/mol. The number of rotatable bonds is 6. The number of hydrogen-bond donors (Lipinski definition) is 3. The molecule has 1 aliphatic heterocycles. The zero-order valence-corrected chi connectivity index (χ0v) is 13.0. The minimum atomic E-state index is 0.319. The third-order valence-corrected chi connectivity index (χ3v) is 3.61. The van der Waals surface area contributed by atoms with Crippen molar-refractivity contribution in [2.24, 2.45) is 5.73 Å². The molecule has 3 rings (SSSR count). The first-order valence-electron chi connectivity index (χ1n) is 7.92. The second kappa shape index (κ2) is 9.40. The van der Waals surface area contributed by atoms with Gasteiger partial charge in [0.25, 0.3) is 0 Å².